The summed E-state index contributed by atoms with van der Waals surface area (Å²) >= 11 is 9.01. The lowest BCUT2D eigenvalue weighted by Crippen LogP contribution is -2.14. The maximum atomic E-state index is 12.7. The number of hydrogen-bond acceptors (Lipinski definition) is 6. The van der Waals surface area contributed by atoms with E-state index in [4.69, 9.17) is 16.6 Å². The predicted molar refractivity (Wildman–Crippen MR) is 154 cm³/mol. The average Bonchev–Trinajstić information content (AvgIpc) is 3.48. The van der Waals surface area contributed by atoms with Crippen LogP contribution in [0.4, 0.5) is 5.69 Å². The lowest BCUT2D eigenvalue weighted by Gasteiger charge is -2.09. The Hall–Kier alpha value is -3.46. The topological polar surface area (TPSA) is 72.7 Å². The first kappa shape index (κ1) is 25.2. The van der Waals surface area contributed by atoms with Crippen LogP contribution in [-0.2, 0) is 17.8 Å². The van der Waals surface area contributed by atoms with E-state index in [1.165, 1.54) is 22.0 Å². The molecule has 0 unspecified atom stereocenters. The molecule has 0 aliphatic heterocycles. The Morgan fingerprint density at radius 1 is 1.11 bits per heavy atom. The van der Waals surface area contributed by atoms with Gasteiger partial charge >= 0.3 is 0 Å². The van der Waals surface area contributed by atoms with Crippen molar-refractivity contribution >= 4 is 56.5 Å². The Kier molecular flexibility index (Phi) is 7.69. The van der Waals surface area contributed by atoms with Crippen LogP contribution < -0.4 is 5.32 Å². The van der Waals surface area contributed by atoms with Crippen LogP contribution in [0.2, 0.25) is 5.02 Å². The Morgan fingerprint density at radius 2 is 1.89 bits per heavy atom. The summed E-state index contributed by atoms with van der Waals surface area (Å²) in [6.07, 6.45) is 2.42. The Morgan fingerprint density at radius 3 is 2.65 bits per heavy atom. The van der Waals surface area contributed by atoms with Crippen LogP contribution in [0.15, 0.2) is 84.5 Å². The molecule has 1 N–H and O–H groups in total. The van der Waals surface area contributed by atoms with E-state index in [0.29, 0.717) is 23.1 Å². The second-order valence-corrected chi connectivity index (χ2v) is 10.9. The maximum absolute atomic E-state index is 12.7. The molecule has 0 aliphatic rings. The van der Waals surface area contributed by atoms with Crippen molar-refractivity contribution in [3.63, 3.8) is 0 Å². The molecule has 0 saturated heterocycles. The molecule has 2 heterocycles. The summed E-state index contributed by atoms with van der Waals surface area (Å²) in [5, 5.41) is 14.0. The smallest absolute Gasteiger partial charge is 0.234 e. The number of carbonyl (C=O) groups is 1. The van der Waals surface area contributed by atoms with E-state index in [9.17, 15) is 4.79 Å². The molecule has 5 rings (SSSR count). The number of rotatable bonds is 9. The van der Waals surface area contributed by atoms with Gasteiger partial charge < -0.3 is 9.88 Å². The fourth-order valence-corrected chi connectivity index (χ4v) is 5.79. The minimum atomic E-state index is -0.111. The van der Waals surface area contributed by atoms with Gasteiger partial charge in [-0.05, 0) is 66.6 Å². The van der Waals surface area contributed by atoms with Gasteiger partial charge in [0.25, 0.3) is 0 Å². The first-order valence-corrected chi connectivity index (χ1v) is 13.8. The van der Waals surface area contributed by atoms with Crippen molar-refractivity contribution in [3.8, 4) is 10.6 Å². The number of amides is 1. The molecule has 9 heteroatoms. The van der Waals surface area contributed by atoms with Gasteiger partial charge in [-0.25, -0.2) is 4.98 Å². The zero-order chi connectivity index (χ0) is 25.8. The van der Waals surface area contributed by atoms with Gasteiger partial charge in [0.15, 0.2) is 5.16 Å². The number of aryl methyl sites for hydroxylation is 1. The van der Waals surface area contributed by atoms with Gasteiger partial charge in [0, 0.05) is 29.2 Å². The third kappa shape index (κ3) is 6.10. The standard InChI is InChI=1S/C28H24ClN5OS2/c1-3-14-34-25(16-19-5-9-21(29)10-6-19)32-33-28(34)36-17-26(35)30-22-11-7-20(8-12-22)27-31-23-13-4-18(2)15-24(23)37-27/h3-13,15H,1,14,16-17H2,2H3,(H,30,35). The normalized spacial score (nSPS) is 11.1. The molecule has 2 aromatic heterocycles. The maximum Gasteiger partial charge on any atom is 0.234 e. The van der Waals surface area contributed by atoms with Crippen LogP contribution in [-0.4, -0.2) is 31.4 Å². The van der Waals surface area contributed by atoms with Gasteiger partial charge in [-0.15, -0.1) is 28.1 Å². The van der Waals surface area contributed by atoms with Gasteiger partial charge in [-0.1, -0.05) is 47.6 Å². The van der Waals surface area contributed by atoms with Crippen LogP contribution in [0, 0.1) is 6.92 Å². The summed E-state index contributed by atoms with van der Waals surface area (Å²) in [5.74, 6) is 0.918. The summed E-state index contributed by atoms with van der Waals surface area (Å²) in [4.78, 5) is 17.4. The number of benzene rings is 3. The summed E-state index contributed by atoms with van der Waals surface area (Å²) in [6, 6.07) is 21.7. The Labute approximate surface area is 228 Å². The number of carbonyl (C=O) groups excluding carboxylic acids is 1. The number of anilines is 1. The molecule has 0 bridgehead atoms. The number of nitrogens with one attached hydrogen (secondary N) is 1. The van der Waals surface area contributed by atoms with Crippen LogP contribution >= 0.6 is 34.7 Å². The van der Waals surface area contributed by atoms with Gasteiger partial charge in [0.1, 0.15) is 10.8 Å². The van der Waals surface area contributed by atoms with Crippen LogP contribution in [0.3, 0.4) is 0 Å². The molecule has 0 radical (unpaired) electrons. The van der Waals surface area contributed by atoms with Crippen molar-refractivity contribution in [2.45, 2.75) is 25.0 Å². The van der Waals surface area contributed by atoms with Crippen LogP contribution in [0.1, 0.15) is 17.0 Å². The summed E-state index contributed by atoms with van der Waals surface area (Å²) in [6.45, 7) is 6.49. The van der Waals surface area contributed by atoms with Crippen LogP contribution in [0.5, 0.6) is 0 Å². The first-order chi connectivity index (χ1) is 18.0. The first-order valence-electron chi connectivity index (χ1n) is 11.7. The van der Waals surface area contributed by atoms with Gasteiger partial charge in [0.05, 0.1) is 16.0 Å². The van der Waals surface area contributed by atoms with E-state index in [2.05, 4.69) is 41.1 Å². The zero-order valence-electron chi connectivity index (χ0n) is 20.1. The summed E-state index contributed by atoms with van der Waals surface area (Å²) in [7, 11) is 0. The number of nitrogens with zero attached hydrogens (tertiary/aromatic N) is 4. The van der Waals surface area contributed by atoms with E-state index < -0.39 is 0 Å². The van der Waals surface area contributed by atoms with Crippen molar-refractivity contribution in [1.82, 2.24) is 19.7 Å². The highest BCUT2D eigenvalue weighted by Gasteiger charge is 2.14. The minimum absolute atomic E-state index is 0.111. The lowest BCUT2D eigenvalue weighted by molar-refractivity contribution is -0.113. The SMILES string of the molecule is C=CCn1c(Cc2ccc(Cl)cc2)nnc1SCC(=O)Nc1ccc(-c2nc3ccc(C)cc3s2)cc1. The van der Waals surface area contributed by atoms with Crippen molar-refractivity contribution in [2.24, 2.45) is 0 Å². The molecule has 0 atom stereocenters. The molecule has 186 valence electrons. The second kappa shape index (κ2) is 11.3. The molecular weight excluding hydrogens is 522 g/mol. The highest BCUT2D eigenvalue weighted by atomic mass is 35.5. The molecule has 0 spiro atoms. The lowest BCUT2D eigenvalue weighted by atomic mass is 10.1. The molecule has 37 heavy (non-hydrogen) atoms. The number of fused-ring (bicyclic) bond motifs is 1. The van der Waals surface area contributed by atoms with Crippen molar-refractivity contribution in [2.75, 3.05) is 11.1 Å². The zero-order valence-corrected chi connectivity index (χ0v) is 22.5. The predicted octanol–water partition coefficient (Wildman–Crippen LogP) is 7.02. The van der Waals surface area contributed by atoms with Crippen molar-refractivity contribution < 1.29 is 4.79 Å². The highest BCUT2D eigenvalue weighted by molar-refractivity contribution is 7.99. The third-order valence-electron chi connectivity index (χ3n) is 5.67. The number of allylic oxidation sites excluding steroid dienone is 1. The molecule has 5 aromatic rings. The van der Waals surface area contributed by atoms with Gasteiger partial charge in [-0.3, -0.25) is 4.79 Å². The molecule has 1 amide bonds. The monoisotopic (exact) mass is 545 g/mol. The Balaban J connectivity index is 1.21. The molecule has 6 nitrogen and oxygen atoms in total. The van der Waals surface area contributed by atoms with Crippen molar-refractivity contribution in [3.05, 3.63) is 101 Å². The summed E-state index contributed by atoms with van der Waals surface area (Å²) in [5.41, 5.74) is 5.07. The van der Waals surface area contributed by atoms with E-state index in [1.54, 1.807) is 17.4 Å². The average molecular weight is 546 g/mol. The number of thioether (sulfide) groups is 1. The third-order valence-corrected chi connectivity index (χ3v) is 7.96. The highest BCUT2D eigenvalue weighted by Crippen LogP contribution is 2.31. The molecule has 0 saturated carbocycles. The van der Waals surface area contributed by atoms with E-state index >= 15 is 0 Å². The number of thiazole rings is 1. The van der Waals surface area contributed by atoms with E-state index in [-0.39, 0.29) is 11.7 Å². The summed E-state index contributed by atoms with van der Waals surface area (Å²) < 4.78 is 3.15. The van der Waals surface area contributed by atoms with Crippen molar-refractivity contribution in [1.29, 1.82) is 0 Å². The van der Waals surface area contributed by atoms with Crippen LogP contribution in [0.25, 0.3) is 20.8 Å². The fourth-order valence-electron chi connectivity index (χ4n) is 3.83. The quantitative estimate of drug-likeness (QED) is 0.159. The molecule has 3 aromatic carbocycles. The molecule has 0 fully saturated rings. The molecular formula is C28H24ClN5OS2. The number of aromatic nitrogens is 4. The van der Waals surface area contributed by atoms with E-state index in [0.717, 1.165) is 33.2 Å². The second-order valence-electron chi connectivity index (χ2n) is 8.51. The fraction of sp³-hybridized carbons (Fsp3) is 0.143. The van der Waals surface area contributed by atoms with Gasteiger partial charge in [-0.2, -0.15) is 0 Å². The largest absolute Gasteiger partial charge is 0.325 e. The minimum Gasteiger partial charge on any atom is -0.325 e. The number of halogens is 1. The van der Waals surface area contributed by atoms with Gasteiger partial charge in [0.2, 0.25) is 5.91 Å². The Bertz CT molecular complexity index is 1560. The van der Waals surface area contributed by atoms with E-state index in [1.807, 2.05) is 59.2 Å². The number of hydrogen-bond donors (Lipinski definition) is 1. The molecule has 0 aliphatic carbocycles.